The number of hydrogen-bond donors (Lipinski definition) is 1. The Morgan fingerprint density at radius 1 is 1.14 bits per heavy atom. The van der Waals surface area contributed by atoms with Crippen LogP contribution in [0, 0.1) is 0 Å². The molecule has 2 rings (SSSR count). The molecule has 0 bridgehead atoms. The molecule has 1 aromatic rings. The number of amides is 1. The van der Waals surface area contributed by atoms with Crippen molar-refractivity contribution in [3.8, 4) is 0 Å². The number of halogens is 1. The summed E-state index contributed by atoms with van der Waals surface area (Å²) in [6.45, 7) is 7.77. The van der Waals surface area contributed by atoms with Crippen LogP contribution >= 0.6 is 15.9 Å². The Hall–Kier alpha value is -0.870. The monoisotopic (exact) mass is 352 g/mol. The number of hydrogen-bond acceptors (Lipinski definition) is 2. The lowest BCUT2D eigenvalue weighted by molar-refractivity contribution is -0.122. The molecule has 0 unspecified atom stereocenters. The van der Waals surface area contributed by atoms with Gasteiger partial charge >= 0.3 is 0 Å². The van der Waals surface area contributed by atoms with E-state index >= 15 is 0 Å². The van der Waals surface area contributed by atoms with Crippen molar-refractivity contribution in [1.29, 1.82) is 0 Å². The lowest BCUT2D eigenvalue weighted by Gasteiger charge is -2.26. The molecule has 116 valence electrons. The average molecular weight is 353 g/mol. The summed E-state index contributed by atoms with van der Waals surface area (Å²) in [5.41, 5.74) is 2.50. The largest absolute Gasteiger partial charge is 0.351 e. The maximum atomic E-state index is 11.8. The van der Waals surface area contributed by atoms with Crippen LogP contribution in [0.15, 0.2) is 24.3 Å². The molecule has 0 atom stereocenters. The van der Waals surface area contributed by atoms with Crippen LogP contribution in [0.4, 0.5) is 0 Å². The Kier molecular flexibility index (Phi) is 5.82. The van der Waals surface area contributed by atoms with E-state index in [0.29, 0.717) is 6.54 Å². The molecule has 1 N–H and O–H groups in total. The lowest BCUT2D eigenvalue weighted by atomic mass is 10.1. The predicted molar refractivity (Wildman–Crippen MR) is 90.4 cm³/mol. The zero-order valence-corrected chi connectivity index (χ0v) is 14.6. The van der Waals surface area contributed by atoms with Gasteiger partial charge < -0.3 is 5.32 Å². The second-order valence-electron chi connectivity index (χ2n) is 6.31. The lowest BCUT2D eigenvalue weighted by Crippen LogP contribution is -2.37. The highest BCUT2D eigenvalue weighted by atomic mass is 79.9. The fourth-order valence-electron chi connectivity index (χ4n) is 2.53. The standard InChI is InChI=1S/C17H25BrN2O/c1-17(2,18)16(21)19-12-14-6-8-15(9-7-14)13-20-10-4-3-5-11-20/h6-9H,3-5,10-13H2,1-2H3,(H,19,21). The van der Waals surface area contributed by atoms with Gasteiger partial charge in [0.15, 0.2) is 0 Å². The molecule has 1 heterocycles. The summed E-state index contributed by atoms with van der Waals surface area (Å²) < 4.78 is -0.513. The number of piperidine rings is 1. The third kappa shape index (κ3) is 5.44. The van der Waals surface area contributed by atoms with E-state index < -0.39 is 4.32 Å². The van der Waals surface area contributed by atoms with E-state index in [1.165, 1.54) is 37.9 Å². The van der Waals surface area contributed by atoms with Crippen molar-refractivity contribution in [2.24, 2.45) is 0 Å². The minimum Gasteiger partial charge on any atom is -0.351 e. The third-order valence-electron chi connectivity index (χ3n) is 3.87. The van der Waals surface area contributed by atoms with E-state index in [9.17, 15) is 4.79 Å². The van der Waals surface area contributed by atoms with Crippen molar-refractivity contribution < 1.29 is 4.79 Å². The van der Waals surface area contributed by atoms with Gasteiger partial charge in [-0.2, -0.15) is 0 Å². The second-order valence-corrected chi connectivity index (χ2v) is 8.29. The summed E-state index contributed by atoms with van der Waals surface area (Å²) in [5.74, 6) is 0.0138. The highest BCUT2D eigenvalue weighted by Gasteiger charge is 2.22. The first-order valence-electron chi connectivity index (χ1n) is 7.72. The highest BCUT2D eigenvalue weighted by Crippen LogP contribution is 2.16. The maximum absolute atomic E-state index is 11.8. The molecule has 0 spiro atoms. The Labute approximate surface area is 136 Å². The summed E-state index contributed by atoms with van der Waals surface area (Å²) in [4.78, 5) is 14.3. The fraction of sp³-hybridized carbons (Fsp3) is 0.588. The minimum absolute atomic E-state index is 0.0138. The highest BCUT2D eigenvalue weighted by molar-refractivity contribution is 9.10. The van der Waals surface area contributed by atoms with Crippen LogP contribution in [0.5, 0.6) is 0 Å². The van der Waals surface area contributed by atoms with Gasteiger partial charge in [0, 0.05) is 13.1 Å². The zero-order chi connectivity index (χ0) is 15.3. The van der Waals surface area contributed by atoms with Gasteiger partial charge in [-0.3, -0.25) is 9.69 Å². The van der Waals surface area contributed by atoms with Gasteiger partial charge in [-0.1, -0.05) is 46.6 Å². The van der Waals surface area contributed by atoms with Crippen LogP contribution in [0.25, 0.3) is 0 Å². The molecule has 0 radical (unpaired) electrons. The number of alkyl halides is 1. The molecule has 4 heteroatoms. The summed E-state index contributed by atoms with van der Waals surface area (Å²) in [6, 6.07) is 8.58. The molecule has 0 aliphatic carbocycles. The summed E-state index contributed by atoms with van der Waals surface area (Å²) in [6.07, 6.45) is 4.03. The summed E-state index contributed by atoms with van der Waals surface area (Å²) >= 11 is 3.37. The van der Waals surface area contributed by atoms with Crippen molar-refractivity contribution in [1.82, 2.24) is 10.2 Å². The van der Waals surface area contributed by atoms with E-state index in [1.807, 2.05) is 13.8 Å². The zero-order valence-electron chi connectivity index (χ0n) is 13.0. The second kappa shape index (κ2) is 7.41. The predicted octanol–water partition coefficient (Wildman–Crippen LogP) is 3.46. The molecule has 1 aliphatic rings. The smallest absolute Gasteiger partial charge is 0.236 e. The van der Waals surface area contributed by atoms with Crippen LogP contribution < -0.4 is 5.32 Å². The normalized spacial score (nSPS) is 16.7. The van der Waals surface area contributed by atoms with Crippen molar-refractivity contribution in [3.63, 3.8) is 0 Å². The molecule has 3 nitrogen and oxygen atoms in total. The van der Waals surface area contributed by atoms with Gasteiger partial charge in [-0.25, -0.2) is 0 Å². The number of likely N-dealkylation sites (tertiary alicyclic amines) is 1. The quantitative estimate of drug-likeness (QED) is 0.823. The Bertz CT molecular complexity index is 459. The van der Waals surface area contributed by atoms with Gasteiger partial charge in [-0.05, 0) is 50.9 Å². The molecular weight excluding hydrogens is 328 g/mol. The van der Waals surface area contributed by atoms with Crippen LogP contribution in [0.3, 0.4) is 0 Å². The molecule has 1 aliphatic heterocycles. The number of benzene rings is 1. The number of rotatable bonds is 5. The van der Waals surface area contributed by atoms with Crippen LogP contribution in [-0.4, -0.2) is 28.2 Å². The summed E-state index contributed by atoms with van der Waals surface area (Å²) in [7, 11) is 0. The van der Waals surface area contributed by atoms with Gasteiger partial charge in [-0.15, -0.1) is 0 Å². The molecule has 0 aromatic heterocycles. The molecule has 1 saturated heterocycles. The molecule has 1 fully saturated rings. The number of nitrogens with zero attached hydrogens (tertiary/aromatic N) is 1. The minimum atomic E-state index is -0.513. The van der Waals surface area contributed by atoms with E-state index in [0.717, 1.165) is 12.1 Å². The number of carbonyl (C=O) groups is 1. The van der Waals surface area contributed by atoms with Crippen molar-refractivity contribution >= 4 is 21.8 Å². The number of nitrogens with one attached hydrogen (secondary N) is 1. The Morgan fingerprint density at radius 3 is 2.29 bits per heavy atom. The maximum Gasteiger partial charge on any atom is 0.236 e. The summed E-state index contributed by atoms with van der Waals surface area (Å²) in [5, 5.41) is 2.94. The van der Waals surface area contributed by atoms with Crippen molar-refractivity contribution in [2.75, 3.05) is 13.1 Å². The van der Waals surface area contributed by atoms with E-state index in [2.05, 4.69) is 50.4 Å². The van der Waals surface area contributed by atoms with E-state index in [-0.39, 0.29) is 5.91 Å². The first-order valence-corrected chi connectivity index (χ1v) is 8.52. The van der Waals surface area contributed by atoms with Gasteiger partial charge in [0.05, 0.1) is 4.32 Å². The molecule has 0 saturated carbocycles. The molecule has 21 heavy (non-hydrogen) atoms. The first kappa shape index (κ1) is 16.5. The van der Waals surface area contributed by atoms with Gasteiger partial charge in [0.1, 0.15) is 0 Å². The molecular formula is C17H25BrN2O. The molecule has 1 amide bonds. The van der Waals surface area contributed by atoms with E-state index in [1.54, 1.807) is 0 Å². The van der Waals surface area contributed by atoms with Gasteiger partial charge in [0.25, 0.3) is 0 Å². The van der Waals surface area contributed by atoms with E-state index in [4.69, 9.17) is 0 Å². The Balaban J connectivity index is 1.82. The third-order valence-corrected chi connectivity index (χ3v) is 4.23. The molecule has 1 aromatic carbocycles. The van der Waals surface area contributed by atoms with Crippen LogP contribution in [0.1, 0.15) is 44.2 Å². The Morgan fingerprint density at radius 2 is 1.71 bits per heavy atom. The first-order chi connectivity index (χ1) is 9.95. The van der Waals surface area contributed by atoms with Crippen molar-refractivity contribution in [3.05, 3.63) is 35.4 Å². The SMILES string of the molecule is CC(C)(Br)C(=O)NCc1ccc(CN2CCCCC2)cc1. The van der Waals surface area contributed by atoms with Gasteiger partial charge in [0.2, 0.25) is 5.91 Å². The fourth-order valence-corrected chi connectivity index (χ4v) is 2.67. The van der Waals surface area contributed by atoms with Crippen LogP contribution in [-0.2, 0) is 17.9 Å². The van der Waals surface area contributed by atoms with Crippen LogP contribution in [0.2, 0.25) is 0 Å². The number of carbonyl (C=O) groups excluding carboxylic acids is 1. The topological polar surface area (TPSA) is 32.3 Å². The average Bonchev–Trinajstić information content (AvgIpc) is 2.46. The van der Waals surface area contributed by atoms with Crippen molar-refractivity contribution in [2.45, 2.75) is 50.5 Å².